The van der Waals surface area contributed by atoms with Crippen LogP contribution in [0.3, 0.4) is 0 Å². The molecule has 1 aromatic carbocycles. The summed E-state index contributed by atoms with van der Waals surface area (Å²) in [7, 11) is 3.03. The monoisotopic (exact) mass is 274 g/mol. The quantitative estimate of drug-likeness (QED) is 0.844. The van der Waals surface area contributed by atoms with Crippen LogP contribution in [0.5, 0.6) is 17.2 Å². The Morgan fingerprint density at radius 1 is 1.10 bits per heavy atom. The second-order valence-electron chi connectivity index (χ2n) is 4.31. The van der Waals surface area contributed by atoms with E-state index in [1.54, 1.807) is 18.3 Å². The molecular formula is C15H18N2O3. The fourth-order valence-electron chi connectivity index (χ4n) is 1.90. The number of nitrogens with zero attached hydrogens (tertiary/aromatic N) is 1. The summed E-state index contributed by atoms with van der Waals surface area (Å²) in [5, 5.41) is 13.1. The van der Waals surface area contributed by atoms with E-state index in [2.05, 4.69) is 10.3 Å². The predicted octanol–water partition coefficient (Wildman–Crippen LogP) is 2.09. The summed E-state index contributed by atoms with van der Waals surface area (Å²) in [6, 6.07) is 7.49. The van der Waals surface area contributed by atoms with Gasteiger partial charge in [0.1, 0.15) is 0 Å². The van der Waals surface area contributed by atoms with Gasteiger partial charge in [-0.2, -0.15) is 0 Å². The number of phenols is 1. The van der Waals surface area contributed by atoms with Crippen molar-refractivity contribution in [3.63, 3.8) is 0 Å². The van der Waals surface area contributed by atoms with Crippen LogP contribution in [0.15, 0.2) is 36.7 Å². The number of aromatic hydroxyl groups is 1. The molecule has 20 heavy (non-hydrogen) atoms. The summed E-state index contributed by atoms with van der Waals surface area (Å²) in [6.45, 7) is 1.36. The van der Waals surface area contributed by atoms with Crippen LogP contribution in [-0.2, 0) is 13.1 Å². The highest BCUT2D eigenvalue weighted by atomic mass is 16.5. The maximum absolute atomic E-state index is 9.84. The molecule has 0 aliphatic carbocycles. The molecule has 2 aromatic rings. The normalized spacial score (nSPS) is 10.3. The molecule has 2 rings (SSSR count). The molecule has 0 aliphatic rings. The molecule has 0 bridgehead atoms. The molecule has 0 amide bonds. The fraction of sp³-hybridized carbons (Fsp3) is 0.267. The van der Waals surface area contributed by atoms with Gasteiger partial charge in [-0.1, -0.05) is 6.07 Å². The smallest absolute Gasteiger partial charge is 0.200 e. The van der Waals surface area contributed by atoms with Gasteiger partial charge in [-0.15, -0.1) is 0 Å². The van der Waals surface area contributed by atoms with Gasteiger partial charge in [-0.05, 0) is 29.3 Å². The van der Waals surface area contributed by atoms with E-state index in [9.17, 15) is 5.11 Å². The van der Waals surface area contributed by atoms with Crippen molar-refractivity contribution in [3.8, 4) is 17.2 Å². The van der Waals surface area contributed by atoms with Crippen molar-refractivity contribution in [1.82, 2.24) is 10.3 Å². The van der Waals surface area contributed by atoms with E-state index in [1.165, 1.54) is 14.2 Å². The summed E-state index contributed by atoms with van der Waals surface area (Å²) in [5.74, 6) is 0.830. The number of nitrogens with one attached hydrogen (secondary N) is 1. The first-order chi connectivity index (χ1) is 9.74. The van der Waals surface area contributed by atoms with Crippen LogP contribution in [0.4, 0.5) is 0 Å². The zero-order chi connectivity index (χ0) is 14.4. The van der Waals surface area contributed by atoms with Crippen LogP contribution in [0, 0.1) is 0 Å². The molecular weight excluding hydrogens is 256 g/mol. The first-order valence-corrected chi connectivity index (χ1v) is 6.28. The Hall–Kier alpha value is -2.27. The topological polar surface area (TPSA) is 63.6 Å². The Labute approximate surface area is 118 Å². The molecule has 106 valence electrons. The van der Waals surface area contributed by atoms with Crippen LogP contribution < -0.4 is 14.8 Å². The Kier molecular flexibility index (Phi) is 4.79. The lowest BCUT2D eigenvalue weighted by molar-refractivity contribution is 0.339. The van der Waals surface area contributed by atoms with Crippen LogP contribution in [0.1, 0.15) is 11.1 Å². The molecule has 0 saturated carbocycles. The maximum Gasteiger partial charge on any atom is 0.200 e. The number of hydrogen-bond donors (Lipinski definition) is 2. The molecule has 0 saturated heterocycles. The lowest BCUT2D eigenvalue weighted by atomic mass is 10.1. The van der Waals surface area contributed by atoms with Crippen LogP contribution in [0.25, 0.3) is 0 Å². The molecule has 1 aromatic heterocycles. The van der Waals surface area contributed by atoms with Crippen LogP contribution in [-0.4, -0.2) is 24.3 Å². The number of pyridine rings is 1. The Morgan fingerprint density at radius 3 is 2.30 bits per heavy atom. The Balaban J connectivity index is 2.02. The average molecular weight is 274 g/mol. The lowest BCUT2D eigenvalue weighted by Crippen LogP contribution is -2.13. The first-order valence-electron chi connectivity index (χ1n) is 6.28. The van der Waals surface area contributed by atoms with Gasteiger partial charge in [0.2, 0.25) is 5.75 Å². The van der Waals surface area contributed by atoms with Gasteiger partial charge in [0, 0.05) is 25.5 Å². The Morgan fingerprint density at radius 2 is 1.75 bits per heavy atom. The van der Waals surface area contributed by atoms with Crippen molar-refractivity contribution in [2.75, 3.05) is 14.2 Å². The van der Waals surface area contributed by atoms with Gasteiger partial charge < -0.3 is 19.9 Å². The number of aromatic nitrogens is 1. The number of ether oxygens (including phenoxy) is 2. The highest BCUT2D eigenvalue weighted by Crippen LogP contribution is 2.36. The summed E-state index contributed by atoms with van der Waals surface area (Å²) < 4.78 is 10.2. The van der Waals surface area contributed by atoms with Crippen molar-refractivity contribution in [1.29, 1.82) is 0 Å². The molecule has 0 radical (unpaired) electrons. The lowest BCUT2D eigenvalue weighted by Gasteiger charge is -2.11. The molecule has 5 nitrogen and oxygen atoms in total. The fourth-order valence-corrected chi connectivity index (χ4v) is 1.90. The van der Waals surface area contributed by atoms with Crippen LogP contribution in [0.2, 0.25) is 0 Å². The molecule has 0 atom stereocenters. The van der Waals surface area contributed by atoms with Gasteiger partial charge in [0.15, 0.2) is 11.5 Å². The third-order valence-corrected chi connectivity index (χ3v) is 2.92. The summed E-state index contributed by atoms with van der Waals surface area (Å²) in [5.41, 5.74) is 2.09. The van der Waals surface area contributed by atoms with Crippen molar-refractivity contribution in [2.24, 2.45) is 0 Å². The average Bonchev–Trinajstić information content (AvgIpc) is 2.49. The second kappa shape index (κ2) is 6.77. The minimum absolute atomic E-state index is 0.0195. The number of hydrogen-bond acceptors (Lipinski definition) is 5. The van der Waals surface area contributed by atoms with Crippen molar-refractivity contribution >= 4 is 0 Å². The molecule has 0 spiro atoms. The third kappa shape index (κ3) is 3.39. The SMILES string of the molecule is COc1cc(CNCc2cccnc2)cc(OC)c1O. The van der Waals surface area contributed by atoms with Gasteiger partial charge in [-0.3, -0.25) is 4.98 Å². The minimum Gasteiger partial charge on any atom is -0.502 e. The minimum atomic E-state index is 0.0195. The third-order valence-electron chi connectivity index (χ3n) is 2.92. The zero-order valence-corrected chi connectivity index (χ0v) is 11.6. The largest absolute Gasteiger partial charge is 0.502 e. The van der Waals surface area contributed by atoms with E-state index in [4.69, 9.17) is 9.47 Å². The van der Waals surface area contributed by atoms with Crippen LogP contribution >= 0.6 is 0 Å². The molecule has 1 heterocycles. The standard InChI is InChI=1S/C15H18N2O3/c1-19-13-6-12(7-14(20-2)15(13)18)10-17-9-11-4-3-5-16-8-11/h3-8,17-18H,9-10H2,1-2H3. The first kappa shape index (κ1) is 14.1. The van der Waals surface area contributed by atoms with E-state index < -0.39 is 0 Å². The molecule has 0 aliphatic heterocycles. The van der Waals surface area contributed by atoms with E-state index >= 15 is 0 Å². The molecule has 0 fully saturated rings. The van der Waals surface area contributed by atoms with E-state index in [1.807, 2.05) is 18.3 Å². The van der Waals surface area contributed by atoms with E-state index in [0.717, 1.165) is 17.7 Å². The Bertz CT molecular complexity index is 533. The highest BCUT2D eigenvalue weighted by Gasteiger charge is 2.10. The van der Waals surface area contributed by atoms with Crippen molar-refractivity contribution < 1.29 is 14.6 Å². The summed E-state index contributed by atoms with van der Waals surface area (Å²) in [4.78, 5) is 4.06. The van der Waals surface area contributed by atoms with Gasteiger partial charge in [-0.25, -0.2) is 0 Å². The zero-order valence-electron chi connectivity index (χ0n) is 11.6. The molecule has 0 unspecified atom stereocenters. The molecule has 5 heteroatoms. The number of benzene rings is 1. The van der Waals surface area contributed by atoms with E-state index in [0.29, 0.717) is 18.0 Å². The van der Waals surface area contributed by atoms with Crippen molar-refractivity contribution in [3.05, 3.63) is 47.8 Å². The highest BCUT2D eigenvalue weighted by molar-refractivity contribution is 5.52. The number of methoxy groups -OCH3 is 2. The van der Waals surface area contributed by atoms with E-state index in [-0.39, 0.29) is 5.75 Å². The molecule has 2 N–H and O–H groups in total. The maximum atomic E-state index is 9.84. The second-order valence-corrected chi connectivity index (χ2v) is 4.31. The number of phenolic OH excluding ortho intramolecular Hbond substituents is 1. The summed E-state index contributed by atoms with van der Waals surface area (Å²) >= 11 is 0. The summed E-state index contributed by atoms with van der Waals surface area (Å²) in [6.07, 6.45) is 3.57. The van der Waals surface area contributed by atoms with Gasteiger partial charge in [0.25, 0.3) is 0 Å². The number of rotatable bonds is 6. The predicted molar refractivity (Wildman–Crippen MR) is 76.0 cm³/mol. The van der Waals surface area contributed by atoms with Gasteiger partial charge >= 0.3 is 0 Å². The van der Waals surface area contributed by atoms with Gasteiger partial charge in [0.05, 0.1) is 14.2 Å². The van der Waals surface area contributed by atoms with Crippen molar-refractivity contribution in [2.45, 2.75) is 13.1 Å².